The number of esters is 1. The Bertz CT molecular complexity index is 265. The van der Waals surface area contributed by atoms with Crippen molar-refractivity contribution in [2.45, 2.75) is 37.9 Å². The molecule has 1 aliphatic heterocycles. The van der Waals surface area contributed by atoms with E-state index in [2.05, 4.69) is 0 Å². The largest absolute Gasteiger partial charge is 0.468 e. The molecule has 0 bridgehead atoms. The van der Waals surface area contributed by atoms with Gasteiger partial charge < -0.3 is 14.2 Å². The average molecular weight is 214 g/mol. The molecule has 15 heavy (non-hydrogen) atoms. The third-order valence-corrected chi connectivity index (χ3v) is 3.86. The van der Waals surface area contributed by atoms with Crippen molar-refractivity contribution in [3.63, 3.8) is 0 Å². The van der Waals surface area contributed by atoms with Crippen LogP contribution in [0, 0.1) is 5.41 Å². The minimum atomic E-state index is -0.724. The van der Waals surface area contributed by atoms with E-state index in [1.807, 2.05) is 0 Å². The van der Waals surface area contributed by atoms with Crippen molar-refractivity contribution in [1.29, 1.82) is 0 Å². The Morgan fingerprint density at radius 1 is 1.20 bits per heavy atom. The number of hydrogen-bond acceptors (Lipinski definition) is 4. The van der Waals surface area contributed by atoms with Crippen molar-refractivity contribution in [3.8, 4) is 0 Å². The summed E-state index contributed by atoms with van der Waals surface area (Å²) in [6.07, 6.45) is 4.41. The topological polar surface area (TPSA) is 44.8 Å². The molecule has 0 N–H and O–H groups in total. The zero-order valence-electron chi connectivity index (χ0n) is 9.38. The lowest BCUT2D eigenvalue weighted by Crippen LogP contribution is -2.54. The molecule has 86 valence electrons. The van der Waals surface area contributed by atoms with Crippen LogP contribution >= 0.6 is 0 Å². The van der Waals surface area contributed by atoms with Gasteiger partial charge in [0.25, 0.3) is 0 Å². The highest BCUT2D eigenvalue weighted by atomic mass is 16.7. The fraction of sp³-hybridized carbons (Fsp3) is 0.909. The van der Waals surface area contributed by atoms with Crippen molar-refractivity contribution >= 4 is 5.97 Å². The molecule has 2 unspecified atom stereocenters. The zero-order valence-corrected chi connectivity index (χ0v) is 9.38. The molecule has 0 aromatic heterocycles. The highest BCUT2D eigenvalue weighted by molar-refractivity contribution is 5.78. The van der Waals surface area contributed by atoms with Crippen molar-refractivity contribution < 1.29 is 19.0 Å². The summed E-state index contributed by atoms with van der Waals surface area (Å²) >= 11 is 0. The maximum atomic E-state index is 12.0. The lowest BCUT2D eigenvalue weighted by molar-refractivity contribution is -0.262. The van der Waals surface area contributed by atoms with Crippen LogP contribution in [0.1, 0.15) is 32.1 Å². The fourth-order valence-corrected chi connectivity index (χ4v) is 3.04. The Morgan fingerprint density at radius 3 is 2.60 bits per heavy atom. The van der Waals surface area contributed by atoms with E-state index in [1.54, 1.807) is 7.11 Å². The van der Waals surface area contributed by atoms with Gasteiger partial charge in [-0.1, -0.05) is 6.42 Å². The molecule has 1 heterocycles. The molecular weight excluding hydrogens is 196 g/mol. The van der Waals surface area contributed by atoms with Gasteiger partial charge in [-0.15, -0.1) is 0 Å². The van der Waals surface area contributed by atoms with Crippen molar-refractivity contribution in [1.82, 2.24) is 0 Å². The van der Waals surface area contributed by atoms with Crippen LogP contribution in [0.25, 0.3) is 0 Å². The second-order valence-electron chi connectivity index (χ2n) is 4.34. The standard InChI is InChI=1S/C11H18O4/c1-13-9(12)10-5-3-4-6-11(10,14-2)15-8-7-10/h3-8H2,1-2H3. The molecule has 2 atom stereocenters. The van der Waals surface area contributed by atoms with E-state index >= 15 is 0 Å². The molecule has 0 aromatic rings. The van der Waals surface area contributed by atoms with Gasteiger partial charge in [-0.05, 0) is 19.3 Å². The summed E-state index contributed by atoms with van der Waals surface area (Å²) in [5.41, 5.74) is -0.561. The Balaban J connectivity index is 2.35. The van der Waals surface area contributed by atoms with E-state index in [9.17, 15) is 4.79 Å². The summed E-state index contributed by atoms with van der Waals surface area (Å²) in [4.78, 5) is 12.0. The van der Waals surface area contributed by atoms with Gasteiger partial charge in [0.05, 0.1) is 13.7 Å². The molecule has 2 rings (SSSR count). The van der Waals surface area contributed by atoms with E-state index in [4.69, 9.17) is 14.2 Å². The number of ether oxygens (including phenoxy) is 3. The van der Waals surface area contributed by atoms with Crippen LogP contribution in [0.3, 0.4) is 0 Å². The number of rotatable bonds is 2. The van der Waals surface area contributed by atoms with Gasteiger partial charge in [0.1, 0.15) is 5.41 Å². The van der Waals surface area contributed by atoms with Crippen molar-refractivity contribution in [2.24, 2.45) is 5.41 Å². The summed E-state index contributed by atoms with van der Waals surface area (Å²) in [5.74, 6) is -0.903. The molecular formula is C11H18O4. The van der Waals surface area contributed by atoms with E-state index in [0.29, 0.717) is 13.0 Å². The highest BCUT2D eigenvalue weighted by Crippen LogP contribution is 2.54. The maximum Gasteiger partial charge on any atom is 0.317 e. The minimum Gasteiger partial charge on any atom is -0.468 e. The smallest absolute Gasteiger partial charge is 0.317 e. The number of methoxy groups -OCH3 is 2. The average Bonchev–Trinajstić information content (AvgIpc) is 2.68. The predicted molar refractivity (Wildman–Crippen MR) is 53.2 cm³/mol. The Morgan fingerprint density at radius 2 is 1.93 bits per heavy atom. The second-order valence-corrected chi connectivity index (χ2v) is 4.34. The molecule has 1 aliphatic carbocycles. The molecule has 2 fully saturated rings. The van der Waals surface area contributed by atoms with Gasteiger partial charge in [0.15, 0.2) is 5.79 Å². The van der Waals surface area contributed by atoms with Crippen molar-refractivity contribution in [2.75, 3.05) is 20.8 Å². The van der Waals surface area contributed by atoms with Gasteiger partial charge in [0.2, 0.25) is 0 Å². The quantitative estimate of drug-likeness (QED) is 0.653. The first-order chi connectivity index (χ1) is 7.21. The van der Waals surface area contributed by atoms with Crippen LogP contribution in [0.2, 0.25) is 0 Å². The Kier molecular flexibility index (Phi) is 2.73. The SMILES string of the molecule is COC(=O)C12CCCCC1(OC)OCC2. The first-order valence-corrected chi connectivity index (χ1v) is 5.48. The number of carbonyl (C=O) groups excluding carboxylic acids is 1. The normalized spacial score (nSPS) is 39.9. The molecule has 1 saturated carbocycles. The van der Waals surface area contributed by atoms with Crippen LogP contribution in [0.5, 0.6) is 0 Å². The van der Waals surface area contributed by atoms with Crippen molar-refractivity contribution in [3.05, 3.63) is 0 Å². The second kappa shape index (κ2) is 3.76. The summed E-state index contributed by atoms with van der Waals surface area (Å²) in [6, 6.07) is 0. The monoisotopic (exact) mass is 214 g/mol. The third kappa shape index (κ3) is 1.31. The number of fused-ring (bicyclic) bond motifs is 1. The van der Waals surface area contributed by atoms with Crippen LogP contribution in [-0.2, 0) is 19.0 Å². The molecule has 4 nitrogen and oxygen atoms in total. The summed E-state index contributed by atoms with van der Waals surface area (Å²) < 4.78 is 16.1. The Labute approximate surface area is 89.9 Å². The molecule has 0 aromatic carbocycles. The summed E-state index contributed by atoms with van der Waals surface area (Å²) in [5, 5.41) is 0. The molecule has 4 heteroatoms. The zero-order chi connectivity index (χ0) is 10.9. The molecule has 0 spiro atoms. The van der Waals surface area contributed by atoms with Crippen LogP contribution in [-0.4, -0.2) is 32.6 Å². The van der Waals surface area contributed by atoms with E-state index in [-0.39, 0.29) is 5.97 Å². The molecule has 2 aliphatic rings. The fourth-order valence-electron chi connectivity index (χ4n) is 3.04. The van der Waals surface area contributed by atoms with E-state index in [0.717, 1.165) is 25.7 Å². The molecule has 0 amide bonds. The first kappa shape index (κ1) is 10.9. The molecule has 1 saturated heterocycles. The van der Waals surface area contributed by atoms with E-state index in [1.165, 1.54) is 7.11 Å². The summed E-state index contributed by atoms with van der Waals surface area (Å²) in [6.45, 7) is 0.586. The van der Waals surface area contributed by atoms with Gasteiger partial charge in [0, 0.05) is 13.5 Å². The number of hydrogen-bond donors (Lipinski definition) is 0. The van der Waals surface area contributed by atoms with Crippen LogP contribution < -0.4 is 0 Å². The third-order valence-electron chi connectivity index (χ3n) is 3.86. The first-order valence-electron chi connectivity index (χ1n) is 5.48. The van der Waals surface area contributed by atoms with Gasteiger partial charge in [-0.25, -0.2) is 0 Å². The predicted octanol–water partition coefficient (Wildman–Crippen LogP) is 1.48. The Hall–Kier alpha value is -0.610. The lowest BCUT2D eigenvalue weighted by Gasteiger charge is -2.44. The van der Waals surface area contributed by atoms with Gasteiger partial charge in [-0.2, -0.15) is 0 Å². The van der Waals surface area contributed by atoms with Crippen LogP contribution in [0.15, 0.2) is 0 Å². The maximum absolute atomic E-state index is 12.0. The van der Waals surface area contributed by atoms with Gasteiger partial charge >= 0.3 is 5.97 Å². The van der Waals surface area contributed by atoms with Gasteiger partial charge in [-0.3, -0.25) is 4.79 Å². The number of carbonyl (C=O) groups is 1. The lowest BCUT2D eigenvalue weighted by atomic mass is 9.68. The minimum absolute atomic E-state index is 0.179. The highest BCUT2D eigenvalue weighted by Gasteiger charge is 2.63. The van der Waals surface area contributed by atoms with E-state index < -0.39 is 11.2 Å². The van der Waals surface area contributed by atoms with Crippen LogP contribution in [0.4, 0.5) is 0 Å². The summed E-state index contributed by atoms with van der Waals surface area (Å²) in [7, 11) is 3.05. The molecule has 0 radical (unpaired) electrons.